The summed E-state index contributed by atoms with van der Waals surface area (Å²) >= 11 is 0. The number of para-hydroxylation sites is 4. The van der Waals surface area contributed by atoms with Crippen molar-refractivity contribution in [2.75, 3.05) is 0 Å². The van der Waals surface area contributed by atoms with Crippen molar-refractivity contribution in [1.29, 1.82) is 0 Å². The standard InChI is InChI=1S/C16H14N4/c1-12(19-10-17-13-6-2-4-8-15(13)19)20-11-18-14-7-3-5-9-16(14)20/h2-12H,1H3. The van der Waals surface area contributed by atoms with E-state index in [1.807, 2.05) is 49.1 Å². The van der Waals surface area contributed by atoms with Crippen molar-refractivity contribution in [2.24, 2.45) is 0 Å². The Labute approximate surface area is 116 Å². The van der Waals surface area contributed by atoms with Gasteiger partial charge in [-0.25, -0.2) is 9.97 Å². The Morgan fingerprint density at radius 2 is 1.20 bits per heavy atom. The molecule has 0 unspecified atom stereocenters. The summed E-state index contributed by atoms with van der Waals surface area (Å²) in [6, 6.07) is 16.4. The van der Waals surface area contributed by atoms with Crippen LogP contribution < -0.4 is 0 Å². The SMILES string of the molecule is CC(n1cnc2ccccc21)n1cnc2ccccc21. The van der Waals surface area contributed by atoms with E-state index < -0.39 is 0 Å². The molecule has 0 atom stereocenters. The second-order valence-corrected chi connectivity index (χ2v) is 4.91. The van der Waals surface area contributed by atoms with Crippen LogP contribution in [-0.2, 0) is 0 Å². The van der Waals surface area contributed by atoms with Crippen LogP contribution in [0.5, 0.6) is 0 Å². The van der Waals surface area contributed by atoms with E-state index in [0.717, 1.165) is 22.1 Å². The maximum absolute atomic E-state index is 4.46. The van der Waals surface area contributed by atoms with E-state index in [2.05, 4.69) is 38.2 Å². The zero-order valence-electron chi connectivity index (χ0n) is 11.1. The fraction of sp³-hybridized carbons (Fsp3) is 0.125. The molecule has 0 fully saturated rings. The number of nitrogens with zero attached hydrogens (tertiary/aromatic N) is 4. The van der Waals surface area contributed by atoms with E-state index in [1.54, 1.807) is 0 Å². The number of hydrogen-bond donors (Lipinski definition) is 0. The van der Waals surface area contributed by atoms with Crippen LogP contribution in [-0.4, -0.2) is 19.1 Å². The molecule has 0 N–H and O–H groups in total. The van der Waals surface area contributed by atoms with E-state index in [0.29, 0.717) is 0 Å². The zero-order valence-corrected chi connectivity index (χ0v) is 11.1. The topological polar surface area (TPSA) is 35.6 Å². The Morgan fingerprint density at radius 1 is 0.750 bits per heavy atom. The van der Waals surface area contributed by atoms with E-state index in [-0.39, 0.29) is 6.17 Å². The molecule has 4 nitrogen and oxygen atoms in total. The van der Waals surface area contributed by atoms with Crippen LogP contribution in [0.15, 0.2) is 61.2 Å². The van der Waals surface area contributed by atoms with Gasteiger partial charge in [0.1, 0.15) is 6.17 Å². The van der Waals surface area contributed by atoms with Gasteiger partial charge in [0.05, 0.1) is 34.7 Å². The van der Waals surface area contributed by atoms with Gasteiger partial charge in [-0.3, -0.25) is 0 Å². The summed E-state index contributed by atoms with van der Waals surface area (Å²) in [4.78, 5) is 8.92. The number of benzene rings is 2. The smallest absolute Gasteiger partial charge is 0.110 e. The highest BCUT2D eigenvalue weighted by molar-refractivity contribution is 5.76. The van der Waals surface area contributed by atoms with Crippen molar-refractivity contribution in [3.63, 3.8) is 0 Å². The first kappa shape index (κ1) is 11.2. The summed E-state index contributed by atoms with van der Waals surface area (Å²) in [5, 5.41) is 0. The van der Waals surface area contributed by atoms with Crippen molar-refractivity contribution < 1.29 is 0 Å². The van der Waals surface area contributed by atoms with Gasteiger partial charge in [-0.15, -0.1) is 0 Å². The van der Waals surface area contributed by atoms with Crippen LogP contribution in [0.1, 0.15) is 13.1 Å². The van der Waals surface area contributed by atoms with Gasteiger partial charge in [0.25, 0.3) is 0 Å². The molecule has 0 bridgehead atoms. The van der Waals surface area contributed by atoms with Gasteiger partial charge in [-0.2, -0.15) is 0 Å². The Hall–Kier alpha value is -2.62. The average Bonchev–Trinajstić information content (AvgIpc) is 3.11. The average molecular weight is 262 g/mol. The highest BCUT2D eigenvalue weighted by Gasteiger charge is 2.13. The molecule has 2 aromatic carbocycles. The zero-order chi connectivity index (χ0) is 13.5. The van der Waals surface area contributed by atoms with Crippen LogP contribution in [0.2, 0.25) is 0 Å². The summed E-state index contributed by atoms with van der Waals surface area (Å²) in [6.07, 6.45) is 3.92. The van der Waals surface area contributed by atoms with Gasteiger partial charge >= 0.3 is 0 Å². The predicted molar refractivity (Wildman–Crippen MR) is 79.6 cm³/mol. The lowest BCUT2D eigenvalue weighted by atomic mass is 10.3. The number of rotatable bonds is 2. The Kier molecular flexibility index (Phi) is 2.36. The maximum Gasteiger partial charge on any atom is 0.110 e. The summed E-state index contributed by atoms with van der Waals surface area (Å²) in [5.74, 6) is 0. The first-order valence-corrected chi connectivity index (χ1v) is 6.68. The molecule has 0 spiro atoms. The number of fused-ring (bicyclic) bond motifs is 2. The monoisotopic (exact) mass is 262 g/mol. The predicted octanol–water partition coefficient (Wildman–Crippen LogP) is 3.45. The van der Waals surface area contributed by atoms with E-state index in [4.69, 9.17) is 0 Å². The summed E-state index contributed by atoms with van der Waals surface area (Å²) in [5.41, 5.74) is 4.31. The third kappa shape index (κ3) is 1.54. The van der Waals surface area contributed by atoms with Crippen LogP contribution in [0, 0.1) is 0 Å². The van der Waals surface area contributed by atoms with Gasteiger partial charge in [0.15, 0.2) is 0 Å². The molecular weight excluding hydrogens is 248 g/mol. The molecular formula is C16H14N4. The molecule has 0 radical (unpaired) electrons. The first-order valence-electron chi connectivity index (χ1n) is 6.68. The molecule has 4 aromatic rings. The lowest BCUT2D eigenvalue weighted by molar-refractivity contribution is 0.492. The molecule has 2 heterocycles. The lowest BCUT2D eigenvalue weighted by Crippen LogP contribution is -2.12. The highest BCUT2D eigenvalue weighted by Crippen LogP contribution is 2.22. The number of hydrogen-bond acceptors (Lipinski definition) is 2. The van der Waals surface area contributed by atoms with E-state index in [9.17, 15) is 0 Å². The van der Waals surface area contributed by atoms with Gasteiger partial charge in [-0.1, -0.05) is 24.3 Å². The lowest BCUT2D eigenvalue weighted by Gasteiger charge is -2.17. The normalized spacial score (nSPS) is 11.7. The Bertz CT molecular complexity index is 813. The third-order valence-electron chi connectivity index (χ3n) is 3.77. The molecule has 0 saturated carbocycles. The van der Waals surface area contributed by atoms with Gasteiger partial charge in [-0.05, 0) is 31.2 Å². The van der Waals surface area contributed by atoms with E-state index >= 15 is 0 Å². The molecule has 20 heavy (non-hydrogen) atoms. The largest absolute Gasteiger partial charge is 0.309 e. The Balaban J connectivity index is 1.90. The minimum Gasteiger partial charge on any atom is -0.309 e. The fourth-order valence-electron chi connectivity index (χ4n) is 2.69. The third-order valence-corrected chi connectivity index (χ3v) is 3.77. The van der Waals surface area contributed by atoms with Crippen LogP contribution in [0.4, 0.5) is 0 Å². The van der Waals surface area contributed by atoms with Gasteiger partial charge in [0.2, 0.25) is 0 Å². The van der Waals surface area contributed by atoms with Crippen molar-refractivity contribution in [2.45, 2.75) is 13.1 Å². The van der Waals surface area contributed by atoms with Crippen LogP contribution in [0.3, 0.4) is 0 Å². The second kappa shape index (κ2) is 4.20. The molecule has 4 rings (SSSR count). The van der Waals surface area contributed by atoms with Gasteiger partial charge in [0, 0.05) is 0 Å². The molecule has 2 aromatic heterocycles. The summed E-state index contributed by atoms with van der Waals surface area (Å²) in [6.45, 7) is 2.15. The van der Waals surface area contributed by atoms with Crippen LogP contribution in [0.25, 0.3) is 22.1 Å². The van der Waals surface area contributed by atoms with E-state index in [1.165, 1.54) is 0 Å². The molecule has 98 valence electrons. The quantitative estimate of drug-likeness (QED) is 0.554. The first-order chi connectivity index (χ1) is 9.84. The number of aromatic nitrogens is 4. The molecule has 0 aliphatic rings. The Morgan fingerprint density at radius 3 is 1.70 bits per heavy atom. The summed E-state index contributed by atoms with van der Waals surface area (Å²) in [7, 11) is 0. The molecule has 0 aliphatic heterocycles. The minimum absolute atomic E-state index is 0.134. The van der Waals surface area contributed by atoms with Gasteiger partial charge < -0.3 is 9.13 Å². The van der Waals surface area contributed by atoms with Crippen molar-refractivity contribution in [1.82, 2.24) is 19.1 Å². The van der Waals surface area contributed by atoms with Crippen molar-refractivity contribution in [3.8, 4) is 0 Å². The molecule has 0 amide bonds. The summed E-state index contributed by atoms with van der Waals surface area (Å²) < 4.78 is 4.34. The maximum atomic E-state index is 4.46. The number of imidazole rings is 2. The molecule has 0 saturated heterocycles. The van der Waals surface area contributed by atoms with Crippen molar-refractivity contribution in [3.05, 3.63) is 61.2 Å². The van der Waals surface area contributed by atoms with Crippen molar-refractivity contribution >= 4 is 22.1 Å². The van der Waals surface area contributed by atoms with Crippen LogP contribution >= 0.6 is 0 Å². The minimum atomic E-state index is 0.134. The second-order valence-electron chi connectivity index (χ2n) is 4.91. The molecule has 0 aliphatic carbocycles. The fourth-order valence-corrected chi connectivity index (χ4v) is 2.69. The highest BCUT2D eigenvalue weighted by atomic mass is 15.2. The molecule has 4 heteroatoms.